The maximum absolute atomic E-state index is 5.62. The molecule has 4 nitrogen and oxygen atoms in total. The largest absolute Gasteiger partial charge is 0.399 e. The van der Waals surface area contributed by atoms with Crippen LogP contribution in [0, 0.1) is 0 Å². The highest BCUT2D eigenvalue weighted by molar-refractivity contribution is 5.79. The Morgan fingerprint density at radius 2 is 2.20 bits per heavy atom. The number of nitrogens with two attached hydrogens (primary N) is 1. The SMILES string of the molecule is C=C(N)c1ccc2c(c1)nnn2C(C)C. The summed E-state index contributed by atoms with van der Waals surface area (Å²) >= 11 is 0. The Kier molecular flexibility index (Phi) is 2.19. The summed E-state index contributed by atoms with van der Waals surface area (Å²) in [6.45, 7) is 7.84. The minimum Gasteiger partial charge on any atom is -0.399 e. The van der Waals surface area contributed by atoms with Gasteiger partial charge >= 0.3 is 0 Å². The molecule has 2 N–H and O–H groups in total. The highest BCUT2D eigenvalue weighted by Gasteiger charge is 2.07. The zero-order chi connectivity index (χ0) is 11.0. The molecule has 15 heavy (non-hydrogen) atoms. The number of hydrogen-bond acceptors (Lipinski definition) is 3. The van der Waals surface area contributed by atoms with E-state index in [-0.39, 0.29) is 0 Å². The molecule has 1 aromatic heterocycles. The quantitative estimate of drug-likeness (QED) is 0.809. The third-order valence-electron chi connectivity index (χ3n) is 2.33. The lowest BCUT2D eigenvalue weighted by atomic mass is 10.1. The Morgan fingerprint density at radius 3 is 2.80 bits per heavy atom. The Balaban J connectivity index is 2.61. The van der Waals surface area contributed by atoms with E-state index in [1.165, 1.54) is 0 Å². The van der Waals surface area contributed by atoms with Gasteiger partial charge in [-0.3, -0.25) is 0 Å². The molecule has 2 rings (SSSR count). The molecule has 0 spiro atoms. The Morgan fingerprint density at radius 1 is 1.47 bits per heavy atom. The first-order chi connectivity index (χ1) is 7.09. The predicted octanol–water partition coefficient (Wildman–Crippen LogP) is 1.94. The Labute approximate surface area is 88.4 Å². The van der Waals surface area contributed by atoms with Crippen molar-refractivity contribution in [1.82, 2.24) is 15.0 Å². The third kappa shape index (κ3) is 1.58. The fraction of sp³-hybridized carbons (Fsp3) is 0.273. The highest BCUT2D eigenvalue weighted by atomic mass is 15.4. The Bertz CT molecular complexity index is 510. The summed E-state index contributed by atoms with van der Waals surface area (Å²) in [6, 6.07) is 6.13. The van der Waals surface area contributed by atoms with Crippen molar-refractivity contribution < 1.29 is 0 Å². The minimum atomic E-state index is 0.307. The van der Waals surface area contributed by atoms with E-state index in [1.807, 2.05) is 22.9 Å². The molecule has 0 saturated carbocycles. The topological polar surface area (TPSA) is 56.7 Å². The number of fused-ring (bicyclic) bond motifs is 1. The third-order valence-corrected chi connectivity index (χ3v) is 2.33. The summed E-state index contributed by atoms with van der Waals surface area (Å²) in [5.41, 5.74) is 8.95. The van der Waals surface area contributed by atoms with Crippen LogP contribution in [0.2, 0.25) is 0 Å². The predicted molar refractivity (Wildman–Crippen MR) is 61.1 cm³/mol. The zero-order valence-corrected chi connectivity index (χ0v) is 8.94. The van der Waals surface area contributed by atoms with Crippen molar-refractivity contribution in [3.05, 3.63) is 30.3 Å². The number of hydrogen-bond donors (Lipinski definition) is 1. The molecule has 0 radical (unpaired) electrons. The summed E-state index contributed by atoms with van der Waals surface area (Å²) in [5, 5.41) is 8.19. The second-order valence-corrected chi connectivity index (χ2v) is 3.86. The van der Waals surface area contributed by atoms with Crippen LogP contribution in [0.3, 0.4) is 0 Å². The van der Waals surface area contributed by atoms with Gasteiger partial charge in [-0.25, -0.2) is 4.68 Å². The summed E-state index contributed by atoms with van der Waals surface area (Å²) in [6.07, 6.45) is 0. The molecule has 0 bridgehead atoms. The van der Waals surface area contributed by atoms with Crippen molar-refractivity contribution in [1.29, 1.82) is 0 Å². The first kappa shape index (κ1) is 9.71. The van der Waals surface area contributed by atoms with Crippen molar-refractivity contribution in [3.8, 4) is 0 Å². The average molecular weight is 202 g/mol. The van der Waals surface area contributed by atoms with Crippen LogP contribution in [-0.4, -0.2) is 15.0 Å². The molecule has 0 aliphatic carbocycles. The molecule has 0 aliphatic heterocycles. The van der Waals surface area contributed by atoms with Crippen LogP contribution in [0.5, 0.6) is 0 Å². The molecule has 0 unspecified atom stereocenters. The van der Waals surface area contributed by atoms with Crippen molar-refractivity contribution >= 4 is 16.7 Å². The average Bonchev–Trinajstić information content (AvgIpc) is 2.59. The Hall–Kier alpha value is -1.84. The van der Waals surface area contributed by atoms with Crippen molar-refractivity contribution in [2.24, 2.45) is 5.73 Å². The maximum atomic E-state index is 5.62. The van der Waals surface area contributed by atoms with Gasteiger partial charge < -0.3 is 5.73 Å². The summed E-state index contributed by atoms with van der Waals surface area (Å²) in [4.78, 5) is 0. The van der Waals surface area contributed by atoms with Crippen LogP contribution in [0.15, 0.2) is 24.8 Å². The summed E-state index contributed by atoms with van der Waals surface area (Å²) in [5.74, 6) is 0. The highest BCUT2D eigenvalue weighted by Crippen LogP contribution is 2.18. The van der Waals surface area contributed by atoms with E-state index < -0.39 is 0 Å². The molecule has 4 heteroatoms. The van der Waals surface area contributed by atoms with Crippen LogP contribution in [-0.2, 0) is 0 Å². The standard InChI is InChI=1S/C11H14N4/c1-7(2)15-11-5-4-9(8(3)12)6-10(11)13-14-15/h4-7H,3,12H2,1-2H3. The van der Waals surface area contributed by atoms with Crippen molar-refractivity contribution in [2.75, 3.05) is 0 Å². The molecule has 0 fully saturated rings. The monoisotopic (exact) mass is 202 g/mol. The van der Waals surface area contributed by atoms with Crippen LogP contribution >= 0.6 is 0 Å². The van der Waals surface area contributed by atoms with Gasteiger partial charge in [-0.15, -0.1) is 5.10 Å². The van der Waals surface area contributed by atoms with Gasteiger partial charge in [0.15, 0.2) is 0 Å². The van der Waals surface area contributed by atoms with Gasteiger partial charge in [-0.05, 0) is 31.5 Å². The van der Waals surface area contributed by atoms with Gasteiger partial charge in [-0.2, -0.15) is 0 Å². The van der Waals surface area contributed by atoms with Gasteiger partial charge in [0.2, 0.25) is 0 Å². The van der Waals surface area contributed by atoms with E-state index in [0.29, 0.717) is 11.7 Å². The van der Waals surface area contributed by atoms with Gasteiger partial charge in [0, 0.05) is 11.7 Å². The fourth-order valence-corrected chi connectivity index (χ4v) is 1.52. The second-order valence-electron chi connectivity index (χ2n) is 3.86. The molecule has 1 aromatic carbocycles. The van der Waals surface area contributed by atoms with E-state index >= 15 is 0 Å². The normalized spacial score (nSPS) is 11.1. The van der Waals surface area contributed by atoms with E-state index in [0.717, 1.165) is 16.6 Å². The number of rotatable bonds is 2. The lowest BCUT2D eigenvalue weighted by molar-refractivity contribution is 0.530. The van der Waals surface area contributed by atoms with E-state index in [9.17, 15) is 0 Å². The molecular formula is C11H14N4. The lowest BCUT2D eigenvalue weighted by Gasteiger charge is -2.05. The molecule has 0 aliphatic rings. The van der Waals surface area contributed by atoms with Gasteiger partial charge in [-0.1, -0.05) is 17.9 Å². The fourth-order valence-electron chi connectivity index (χ4n) is 1.52. The molecular weight excluding hydrogens is 188 g/mol. The molecule has 0 saturated heterocycles. The van der Waals surface area contributed by atoms with Crippen LogP contribution in [0.4, 0.5) is 0 Å². The van der Waals surface area contributed by atoms with Crippen LogP contribution in [0.1, 0.15) is 25.5 Å². The van der Waals surface area contributed by atoms with Gasteiger partial charge in [0.05, 0.1) is 5.52 Å². The van der Waals surface area contributed by atoms with E-state index in [2.05, 4.69) is 30.7 Å². The van der Waals surface area contributed by atoms with E-state index in [1.54, 1.807) is 0 Å². The number of benzene rings is 1. The minimum absolute atomic E-state index is 0.307. The molecule has 0 atom stereocenters. The zero-order valence-electron chi connectivity index (χ0n) is 8.94. The summed E-state index contributed by atoms with van der Waals surface area (Å²) < 4.78 is 1.89. The van der Waals surface area contributed by atoms with Crippen molar-refractivity contribution in [3.63, 3.8) is 0 Å². The molecule has 1 heterocycles. The smallest absolute Gasteiger partial charge is 0.113 e. The molecule has 0 amide bonds. The summed E-state index contributed by atoms with van der Waals surface area (Å²) in [7, 11) is 0. The number of aromatic nitrogens is 3. The van der Waals surface area contributed by atoms with Crippen LogP contribution in [0.25, 0.3) is 16.7 Å². The second kappa shape index (κ2) is 3.38. The molecule has 78 valence electrons. The maximum Gasteiger partial charge on any atom is 0.113 e. The van der Waals surface area contributed by atoms with Gasteiger partial charge in [0.1, 0.15) is 5.52 Å². The number of nitrogens with zero attached hydrogens (tertiary/aromatic N) is 3. The molecule has 2 aromatic rings. The van der Waals surface area contributed by atoms with Gasteiger partial charge in [0.25, 0.3) is 0 Å². The van der Waals surface area contributed by atoms with Crippen LogP contribution < -0.4 is 5.73 Å². The van der Waals surface area contributed by atoms with E-state index in [4.69, 9.17) is 5.73 Å². The lowest BCUT2D eigenvalue weighted by Crippen LogP contribution is -2.02. The first-order valence-corrected chi connectivity index (χ1v) is 4.89. The first-order valence-electron chi connectivity index (χ1n) is 4.89. The van der Waals surface area contributed by atoms with Crippen molar-refractivity contribution in [2.45, 2.75) is 19.9 Å².